The van der Waals surface area contributed by atoms with Crippen LogP contribution in [-0.4, -0.2) is 5.78 Å². The van der Waals surface area contributed by atoms with Crippen LogP contribution in [0.4, 0.5) is 0 Å². The van der Waals surface area contributed by atoms with Gasteiger partial charge < -0.3 is 0 Å². The third-order valence-corrected chi connectivity index (χ3v) is 2.52. The number of hydrogen-bond donors (Lipinski definition) is 0. The standard InChI is InChI=1S/C9H12O/c10-9-5-3-1-2-4-7-6-8(7)9/h3,5,7-8H,1-2,4,6H2/t7-,8+/m0/s1. The Kier molecular flexibility index (Phi) is 1.37. The molecule has 2 rings (SSSR count). The van der Waals surface area contributed by atoms with Gasteiger partial charge in [0.1, 0.15) is 0 Å². The second-order valence-corrected chi connectivity index (χ2v) is 3.34. The van der Waals surface area contributed by atoms with E-state index < -0.39 is 0 Å². The average molecular weight is 136 g/mol. The molecule has 2 aliphatic rings. The zero-order valence-corrected chi connectivity index (χ0v) is 6.05. The Labute approximate surface area is 61.1 Å². The minimum absolute atomic E-state index is 0.379. The van der Waals surface area contributed by atoms with Crippen LogP contribution in [0.1, 0.15) is 25.7 Å². The first kappa shape index (κ1) is 6.14. The molecule has 0 amide bonds. The van der Waals surface area contributed by atoms with Crippen LogP contribution in [0.15, 0.2) is 12.2 Å². The molecule has 0 saturated heterocycles. The normalized spacial score (nSPS) is 38.2. The summed E-state index contributed by atoms with van der Waals surface area (Å²) < 4.78 is 0. The zero-order chi connectivity index (χ0) is 6.97. The van der Waals surface area contributed by atoms with Crippen molar-refractivity contribution in [3.63, 3.8) is 0 Å². The maximum absolute atomic E-state index is 11.1. The summed E-state index contributed by atoms with van der Waals surface area (Å²) in [7, 11) is 0. The molecule has 0 radical (unpaired) electrons. The SMILES string of the molecule is O=C1C=CCCC[C@H]2C[C@@H]12. The van der Waals surface area contributed by atoms with Gasteiger partial charge in [0.2, 0.25) is 0 Å². The Balaban J connectivity index is 2.08. The van der Waals surface area contributed by atoms with Crippen LogP contribution in [-0.2, 0) is 4.79 Å². The summed E-state index contributed by atoms with van der Waals surface area (Å²) in [6.07, 6.45) is 8.64. The van der Waals surface area contributed by atoms with Gasteiger partial charge in [0, 0.05) is 5.92 Å². The van der Waals surface area contributed by atoms with Crippen molar-refractivity contribution in [3.05, 3.63) is 12.2 Å². The van der Waals surface area contributed by atoms with Crippen LogP contribution in [0.2, 0.25) is 0 Å². The Hall–Kier alpha value is -0.590. The summed E-state index contributed by atoms with van der Waals surface area (Å²) in [5.41, 5.74) is 0. The number of ketones is 1. The van der Waals surface area contributed by atoms with Gasteiger partial charge in [-0.25, -0.2) is 0 Å². The molecule has 2 atom stereocenters. The van der Waals surface area contributed by atoms with Gasteiger partial charge in [-0.3, -0.25) is 4.79 Å². The molecule has 10 heavy (non-hydrogen) atoms. The first-order valence-electron chi connectivity index (χ1n) is 4.08. The van der Waals surface area contributed by atoms with Gasteiger partial charge in [0.05, 0.1) is 0 Å². The second kappa shape index (κ2) is 2.22. The highest BCUT2D eigenvalue weighted by atomic mass is 16.1. The van der Waals surface area contributed by atoms with Crippen LogP contribution in [0.25, 0.3) is 0 Å². The summed E-state index contributed by atoms with van der Waals surface area (Å²) in [4.78, 5) is 11.1. The van der Waals surface area contributed by atoms with Gasteiger partial charge in [0.15, 0.2) is 5.78 Å². The fraction of sp³-hybridized carbons (Fsp3) is 0.667. The minimum atomic E-state index is 0.379. The Morgan fingerprint density at radius 1 is 1.50 bits per heavy atom. The summed E-state index contributed by atoms with van der Waals surface area (Å²) in [6.45, 7) is 0. The molecule has 0 aromatic carbocycles. The maximum atomic E-state index is 11.1. The topological polar surface area (TPSA) is 17.1 Å². The van der Waals surface area contributed by atoms with Crippen molar-refractivity contribution in [2.75, 3.05) is 0 Å². The number of carbonyl (C=O) groups excluding carboxylic acids is 1. The van der Waals surface area contributed by atoms with E-state index in [0.29, 0.717) is 11.7 Å². The average Bonchev–Trinajstić information content (AvgIpc) is 2.62. The number of rotatable bonds is 0. The van der Waals surface area contributed by atoms with E-state index in [0.717, 1.165) is 12.3 Å². The van der Waals surface area contributed by atoms with Gasteiger partial charge in [0.25, 0.3) is 0 Å². The van der Waals surface area contributed by atoms with Crippen molar-refractivity contribution in [1.29, 1.82) is 0 Å². The second-order valence-electron chi connectivity index (χ2n) is 3.34. The molecular weight excluding hydrogens is 124 g/mol. The predicted molar refractivity (Wildman–Crippen MR) is 39.6 cm³/mol. The van der Waals surface area contributed by atoms with Crippen LogP contribution < -0.4 is 0 Å². The van der Waals surface area contributed by atoms with Crippen molar-refractivity contribution in [2.45, 2.75) is 25.7 Å². The maximum Gasteiger partial charge on any atom is 0.158 e. The van der Waals surface area contributed by atoms with Gasteiger partial charge in [-0.05, 0) is 37.7 Å². The Bertz CT molecular complexity index is 181. The molecule has 0 aromatic rings. The molecule has 2 aliphatic carbocycles. The number of fused-ring (bicyclic) bond motifs is 1. The molecule has 1 fully saturated rings. The van der Waals surface area contributed by atoms with Gasteiger partial charge in [-0.15, -0.1) is 0 Å². The summed E-state index contributed by atoms with van der Waals surface area (Å²) in [6, 6.07) is 0. The van der Waals surface area contributed by atoms with E-state index in [2.05, 4.69) is 0 Å². The fourth-order valence-electron chi connectivity index (χ4n) is 1.74. The van der Waals surface area contributed by atoms with Crippen molar-refractivity contribution in [3.8, 4) is 0 Å². The molecule has 1 nitrogen and oxygen atoms in total. The lowest BCUT2D eigenvalue weighted by Crippen LogP contribution is -1.99. The molecule has 0 unspecified atom stereocenters. The predicted octanol–water partition coefficient (Wildman–Crippen LogP) is 1.93. The highest BCUT2D eigenvalue weighted by Gasteiger charge is 2.40. The third-order valence-electron chi connectivity index (χ3n) is 2.52. The van der Waals surface area contributed by atoms with Crippen molar-refractivity contribution < 1.29 is 4.79 Å². The zero-order valence-electron chi connectivity index (χ0n) is 6.05. The van der Waals surface area contributed by atoms with Crippen LogP contribution >= 0.6 is 0 Å². The molecule has 0 N–H and O–H groups in total. The van der Waals surface area contributed by atoms with E-state index >= 15 is 0 Å². The van der Waals surface area contributed by atoms with Crippen LogP contribution in [0, 0.1) is 11.8 Å². The molecule has 1 saturated carbocycles. The molecule has 54 valence electrons. The lowest BCUT2D eigenvalue weighted by atomic mass is 10.1. The Morgan fingerprint density at radius 2 is 2.40 bits per heavy atom. The third kappa shape index (κ3) is 1.00. The summed E-state index contributed by atoms with van der Waals surface area (Å²) in [5.74, 6) is 1.57. The van der Waals surface area contributed by atoms with E-state index in [1.54, 1.807) is 6.08 Å². The lowest BCUT2D eigenvalue weighted by Gasteiger charge is -1.99. The smallest absolute Gasteiger partial charge is 0.158 e. The van der Waals surface area contributed by atoms with Gasteiger partial charge in [-0.1, -0.05) is 6.08 Å². The van der Waals surface area contributed by atoms with E-state index in [4.69, 9.17) is 0 Å². The number of allylic oxidation sites excluding steroid dienone is 2. The van der Waals surface area contributed by atoms with Crippen LogP contribution in [0.3, 0.4) is 0 Å². The van der Waals surface area contributed by atoms with E-state index in [-0.39, 0.29) is 0 Å². The monoisotopic (exact) mass is 136 g/mol. The number of hydrogen-bond acceptors (Lipinski definition) is 1. The van der Waals surface area contributed by atoms with E-state index in [1.807, 2.05) is 6.08 Å². The first-order chi connectivity index (χ1) is 4.88. The molecular formula is C9H12O. The molecule has 1 heteroatoms. The molecule has 0 spiro atoms. The molecule has 0 bridgehead atoms. The quantitative estimate of drug-likeness (QED) is 0.497. The number of carbonyl (C=O) groups is 1. The first-order valence-corrected chi connectivity index (χ1v) is 4.08. The van der Waals surface area contributed by atoms with Crippen molar-refractivity contribution in [2.24, 2.45) is 11.8 Å². The lowest BCUT2D eigenvalue weighted by molar-refractivity contribution is -0.116. The van der Waals surface area contributed by atoms with Gasteiger partial charge in [-0.2, -0.15) is 0 Å². The highest BCUT2D eigenvalue weighted by Crippen LogP contribution is 2.43. The Morgan fingerprint density at radius 3 is 3.30 bits per heavy atom. The molecule has 0 heterocycles. The molecule has 0 aliphatic heterocycles. The minimum Gasteiger partial charge on any atom is -0.295 e. The largest absolute Gasteiger partial charge is 0.295 e. The van der Waals surface area contributed by atoms with Gasteiger partial charge >= 0.3 is 0 Å². The highest BCUT2D eigenvalue weighted by molar-refractivity contribution is 5.93. The summed E-state index contributed by atoms with van der Waals surface area (Å²) >= 11 is 0. The summed E-state index contributed by atoms with van der Waals surface area (Å²) in [5, 5.41) is 0. The van der Waals surface area contributed by atoms with Crippen LogP contribution in [0.5, 0.6) is 0 Å². The van der Waals surface area contributed by atoms with E-state index in [9.17, 15) is 4.79 Å². The van der Waals surface area contributed by atoms with Crippen molar-refractivity contribution in [1.82, 2.24) is 0 Å². The van der Waals surface area contributed by atoms with Crippen molar-refractivity contribution >= 4 is 5.78 Å². The molecule has 0 aromatic heterocycles. The fourth-order valence-corrected chi connectivity index (χ4v) is 1.74. The van der Waals surface area contributed by atoms with E-state index in [1.165, 1.54) is 19.3 Å².